The lowest BCUT2D eigenvalue weighted by atomic mass is 10.3. The Labute approximate surface area is 112 Å². The average Bonchev–Trinajstić information content (AvgIpc) is 2.74. The lowest BCUT2D eigenvalue weighted by Gasteiger charge is -2.19. The maximum atomic E-state index is 5.62. The first kappa shape index (κ1) is 13.1. The molecule has 0 saturated carbocycles. The standard InChI is InChI=1S/C14H19N3S/c1-3-17(12-7-5-4-6-8-12)14-16-11(2)13(18-14)9-10-15/h4-8H,3,9-10,15H2,1-2H3. The summed E-state index contributed by atoms with van der Waals surface area (Å²) >= 11 is 1.75. The van der Waals surface area contributed by atoms with E-state index in [0.29, 0.717) is 6.54 Å². The Morgan fingerprint density at radius 1 is 1.28 bits per heavy atom. The number of hydrogen-bond acceptors (Lipinski definition) is 4. The second kappa shape index (κ2) is 5.98. The van der Waals surface area contributed by atoms with Gasteiger partial charge in [-0.15, -0.1) is 11.3 Å². The number of benzene rings is 1. The molecular formula is C14H19N3S. The van der Waals surface area contributed by atoms with E-state index in [-0.39, 0.29) is 0 Å². The lowest BCUT2D eigenvalue weighted by molar-refractivity contribution is 0.964. The molecule has 0 atom stereocenters. The monoisotopic (exact) mass is 261 g/mol. The van der Waals surface area contributed by atoms with Gasteiger partial charge in [0, 0.05) is 17.1 Å². The number of anilines is 2. The predicted molar refractivity (Wildman–Crippen MR) is 78.7 cm³/mol. The predicted octanol–water partition coefficient (Wildman–Crippen LogP) is 3.11. The third-order valence-corrected chi connectivity index (χ3v) is 4.11. The van der Waals surface area contributed by atoms with Crippen molar-refractivity contribution in [1.82, 2.24) is 4.98 Å². The fourth-order valence-corrected chi connectivity index (χ4v) is 3.09. The summed E-state index contributed by atoms with van der Waals surface area (Å²) in [7, 11) is 0. The molecule has 1 aromatic heterocycles. The van der Waals surface area contributed by atoms with Crippen molar-refractivity contribution >= 4 is 22.2 Å². The summed E-state index contributed by atoms with van der Waals surface area (Å²) in [6.07, 6.45) is 0.913. The molecule has 1 heterocycles. The second-order valence-corrected chi connectivity index (χ2v) is 5.19. The van der Waals surface area contributed by atoms with Crippen molar-refractivity contribution in [3.8, 4) is 0 Å². The van der Waals surface area contributed by atoms with E-state index < -0.39 is 0 Å². The summed E-state index contributed by atoms with van der Waals surface area (Å²) < 4.78 is 0. The van der Waals surface area contributed by atoms with E-state index in [9.17, 15) is 0 Å². The molecule has 0 aliphatic carbocycles. The first-order chi connectivity index (χ1) is 8.76. The van der Waals surface area contributed by atoms with Crippen molar-refractivity contribution in [3.63, 3.8) is 0 Å². The van der Waals surface area contributed by atoms with E-state index >= 15 is 0 Å². The smallest absolute Gasteiger partial charge is 0.190 e. The van der Waals surface area contributed by atoms with Crippen LogP contribution in [0.1, 0.15) is 17.5 Å². The van der Waals surface area contributed by atoms with Crippen LogP contribution in [0.2, 0.25) is 0 Å². The number of nitrogens with two attached hydrogens (primary N) is 1. The molecule has 0 amide bonds. The molecule has 0 aliphatic heterocycles. The highest BCUT2D eigenvalue weighted by atomic mass is 32.1. The van der Waals surface area contributed by atoms with Crippen molar-refractivity contribution in [2.75, 3.05) is 18.0 Å². The number of hydrogen-bond donors (Lipinski definition) is 1. The third kappa shape index (κ3) is 2.71. The van der Waals surface area contributed by atoms with Crippen molar-refractivity contribution in [2.45, 2.75) is 20.3 Å². The minimum Gasteiger partial charge on any atom is -0.330 e. The quantitative estimate of drug-likeness (QED) is 0.899. The molecule has 96 valence electrons. The fourth-order valence-electron chi connectivity index (χ4n) is 1.93. The number of aryl methyl sites for hydroxylation is 1. The SMILES string of the molecule is CCN(c1ccccc1)c1nc(C)c(CCN)s1. The highest BCUT2D eigenvalue weighted by Crippen LogP contribution is 2.31. The van der Waals surface area contributed by atoms with E-state index in [4.69, 9.17) is 5.73 Å². The molecule has 0 aliphatic rings. The van der Waals surface area contributed by atoms with Gasteiger partial charge in [-0.1, -0.05) is 18.2 Å². The van der Waals surface area contributed by atoms with Crippen LogP contribution in [0.4, 0.5) is 10.8 Å². The fraction of sp³-hybridized carbons (Fsp3) is 0.357. The van der Waals surface area contributed by atoms with E-state index in [0.717, 1.165) is 23.8 Å². The number of aromatic nitrogens is 1. The maximum absolute atomic E-state index is 5.62. The van der Waals surface area contributed by atoms with Gasteiger partial charge in [-0.05, 0) is 38.9 Å². The molecule has 2 aromatic rings. The molecule has 2 N–H and O–H groups in total. The number of nitrogens with zero attached hydrogens (tertiary/aromatic N) is 2. The van der Waals surface area contributed by atoms with Gasteiger partial charge in [0.1, 0.15) is 0 Å². The zero-order valence-corrected chi connectivity index (χ0v) is 11.7. The molecule has 2 rings (SSSR count). The van der Waals surface area contributed by atoms with Crippen LogP contribution in [0.5, 0.6) is 0 Å². The van der Waals surface area contributed by atoms with Gasteiger partial charge in [0.05, 0.1) is 5.69 Å². The molecule has 0 spiro atoms. The van der Waals surface area contributed by atoms with Crippen LogP contribution < -0.4 is 10.6 Å². The van der Waals surface area contributed by atoms with Gasteiger partial charge in [-0.3, -0.25) is 0 Å². The van der Waals surface area contributed by atoms with Crippen LogP contribution in [-0.2, 0) is 6.42 Å². The van der Waals surface area contributed by atoms with Crippen molar-refractivity contribution in [3.05, 3.63) is 40.9 Å². The van der Waals surface area contributed by atoms with Crippen molar-refractivity contribution in [1.29, 1.82) is 0 Å². The van der Waals surface area contributed by atoms with E-state index in [1.807, 2.05) is 6.07 Å². The summed E-state index contributed by atoms with van der Waals surface area (Å²) in [6.45, 7) is 5.80. The summed E-state index contributed by atoms with van der Waals surface area (Å²) in [5.74, 6) is 0. The Bertz CT molecular complexity index is 493. The van der Waals surface area contributed by atoms with Gasteiger partial charge in [-0.25, -0.2) is 4.98 Å². The summed E-state index contributed by atoms with van der Waals surface area (Å²) in [5, 5.41) is 1.06. The van der Waals surface area contributed by atoms with Crippen LogP contribution in [0.25, 0.3) is 0 Å². The summed E-state index contributed by atoms with van der Waals surface area (Å²) in [5.41, 5.74) is 7.92. The molecule has 0 bridgehead atoms. The molecule has 4 heteroatoms. The van der Waals surface area contributed by atoms with Gasteiger partial charge >= 0.3 is 0 Å². The Balaban J connectivity index is 2.31. The van der Waals surface area contributed by atoms with Crippen molar-refractivity contribution in [2.24, 2.45) is 5.73 Å². The van der Waals surface area contributed by atoms with E-state index in [1.54, 1.807) is 11.3 Å². The van der Waals surface area contributed by atoms with Gasteiger partial charge in [-0.2, -0.15) is 0 Å². The van der Waals surface area contributed by atoms with Gasteiger partial charge in [0.25, 0.3) is 0 Å². The summed E-state index contributed by atoms with van der Waals surface area (Å²) in [6, 6.07) is 10.4. The van der Waals surface area contributed by atoms with Gasteiger partial charge in [0.15, 0.2) is 5.13 Å². The number of thiazole rings is 1. The molecular weight excluding hydrogens is 242 g/mol. The molecule has 3 nitrogen and oxygen atoms in total. The zero-order valence-electron chi connectivity index (χ0n) is 10.9. The average molecular weight is 261 g/mol. The zero-order chi connectivity index (χ0) is 13.0. The first-order valence-corrected chi connectivity index (χ1v) is 7.06. The Hall–Kier alpha value is -1.39. The number of para-hydroxylation sites is 1. The van der Waals surface area contributed by atoms with E-state index in [1.165, 1.54) is 10.6 Å². The van der Waals surface area contributed by atoms with Crippen LogP contribution in [0.15, 0.2) is 30.3 Å². The highest BCUT2D eigenvalue weighted by Gasteiger charge is 2.13. The third-order valence-electron chi connectivity index (χ3n) is 2.87. The van der Waals surface area contributed by atoms with Crippen LogP contribution in [0, 0.1) is 6.92 Å². The number of rotatable bonds is 5. The van der Waals surface area contributed by atoms with Crippen LogP contribution in [0.3, 0.4) is 0 Å². The molecule has 0 saturated heterocycles. The molecule has 0 radical (unpaired) electrons. The van der Waals surface area contributed by atoms with Gasteiger partial charge in [0.2, 0.25) is 0 Å². The normalized spacial score (nSPS) is 10.6. The molecule has 18 heavy (non-hydrogen) atoms. The van der Waals surface area contributed by atoms with Crippen molar-refractivity contribution < 1.29 is 0 Å². The minimum absolute atomic E-state index is 0.680. The molecule has 0 unspecified atom stereocenters. The summed E-state index contributed by atoms with van der Waals surface area (Å²) in [4.78, 5) is 8.19. The highest BCUT2D eigenvalue weighted by molar-refractivity contribution is 7.15. The minimum atomic E-state index is 0.680. The second-order valence-electron chi connectivity index (χ2n) is 4.12. The maximum Gasteiger partial charge on any atom is 0.190 e. The lowest BCUT2D eigenvalue weighted by Crippen LogP contribution is -2.15. The van der Waals surface area contributed by atoms with Gasteiger partial charge < -0.3 is 10.6 Å². The molecule has 1 aromatic carbocycles. The largest absolute Gasteiger partial charge is 0.330 e. The van der Waals surface area contributed by atoms with E-state index in [2.05, 4.69) is 48.0 Å². The van der Waals surface area contributed by atoms with Crippen LogP contribution in [-0.4, -0.2) is 18.1 Å². The first-order valence-electron chi connectivity index (χ1n) is 6.25. The molecule has 0 fully saturated rings. The Morgan fingerprint density at radius 3 is 2.61 bits per heavy atom. The topological polar surface area (TPSA) is 42.2 Å². The Kier molecular flexibility index (Phi) is 4.33. The Morgan fingerprint density at radius 2 is 2.00 bits per heavy atom. The van der Waals surface area contributed by atoms with Crippen LogP contribution >= 0.6 is 11.3 Å².